The van der Waals surface area contributed by atoms with Crippen molar-refractivity contribution in [2.45, 2.75) is 0 Å². The summed E-state index contributed by atoms with van der Waals surface area (Å²) in [7, 11) is 0. The summed E-state index contributed by atoms with van der Waals surface area (Å²) in [6.45, 7) is 0. The van der Waals surface area contributed by atoms with Crippen molar-refractivity contribution in [1.29, 1.82) is 0 Å². The third kappa shape index (κ3) is 4.64. The van der Waals surface area contributed by atoms with Crippen molar-refractivity contribution in [2.24, 2.45) is 0 Å². The van der Waals surface area contributed by atoms with Crippen molar-refractivity contribution >= 4 is 60.2 Å². The van der Waals surface area contributed by atoms with Crippen molar-refractivity contribution in [1.82, 2.24) is 0 Å². The second kappa shape index (κ2) is 11.8. The van der Waals surface area contributed by atoms with E-state index in [0.717, 1.165) is 5.69 Å². The van der Waals surface area contributed by atoms with E-state index in [2.05, 4.69) is 205 Å². The highest BCUT2D eigenvalue weighted by Crippen LogP contribution is 2.51. The molecule has 10 aromatic carbocycles. The van der Waals surface area contributed by atoms with E-state index in [-0.39, 0.29) is 0 Å². The number of para-hydroxylation sites is 3. The van der Waals surface area contributed by atoms with Crippen LogP contribution in [0.15, 0.2) is 200 Å². The maximum atomic E-state index is 2.42. The fraction of sp³-hybridized carbons (Fsp3) is 0. The van der Waals surface area contributed by atoms with E-state index in [1.54, 1.807) is 0 Å². The number of fused-ring (bicyclic) bond motifs is 12. The van der Waals surface area contributed by atoms with Crippen LogP contribution in [0.3, 0.4) is 0 Å². The summed E-state index contributed by atoms with van der Waals surface area (Å²) in [5.74, 6) is 0. The van der Waals surface area contributed by atoms with E-state index in [4.69, 9.17) is 0 Å². The Kier molecular flexibility index (Phi) is 6.62. The molecule has 0 saturated carbocycles. The molecule has 0 spiro atoms. The Balaban J connectivity index is 1.14. The van der Waals surface area contributed by atoms with Crippen LogP contribution in [0.2, 0.25) is 0 Å². The molecule has 1 heterocycles. The lowest BCUT2D eigenvalue weighted by molar-refractivity contribution is 1.29. The van der Waals surface area contributed by atoms with Crippen LogP contribution in [-0.2, 0) is 0 Å². The second-order valence-electron chi connectivity index (χ2n) is 14.1. The molecule has 0 unspecified atom stereocenters. The lowest BCUT2D eigenvalue weighted by Crippen LogP contribution is -2.10. The van der Waals surface area contributed by atoms with Gasteiger partial charge in [-0.2, -0.15) is 0 Å². The van der Waals surface area contributed by atoms with Crippen LogP contribution in [0.4, 0.5) is 17.1 Å². The van der Waals surface area contributed by atoms with Gasteiger partial charge in [0.15, 0.2) is 0 Å². The van der Waals surface area contributed by atoms with Crippen molar-refractivity contribution in [3.63, 3.8) is 0 Å². The minimum absolute atomic E-state index is 1.15. The summed E-state index contributed by atoms with van der Waals surface area (Å²) in [6.07, 6.45) is 0. The molecule has 1 aliphatic heterocycles. The first-order valence-electron chi connectivity index (χ1n) is 18.3. The summed E-state index contributed by atoms with van der Waals surface area (Å²) in [5, 5.41) is 10.2. The molecule has 1 aliphatic rings. The van der Waals surface area contributed by atoms with E-state index < -0.39 is 0 Å². The average molecular weight is 672 g/mol. The van der Waals surface area contributed by atoms with Gasteiger partial charge in [0.25, 0.3) is 0 Å². The normalized spacial score (nSPS) is 12.1. The van der Waals surface area contributed by atoms with Gasteiger partial charge in [0.2, 0.25) is 0 Å². The van der Waals surface area contributed by atoms with Crippen molar-refractivity contribution in [3.8, 4) is 44.5 Å². The summed E-state index contributed by atoms with van der Waals surface area (Å²) in [5.41, 5.74) is 13.3. The Bertz CT molecular complexity index is 3030. The first kappa shape index (κ1) is 29.7. The fourth-order valence-electron chi connectivity index (χ4n) is 8.75. The van der Waals surface area contributed by atoms with E-state index in [1.165, 1.54) is 99.0 Å². The highest BCUT2D eigenvalue weighted by molar-refractivity contribution is 6.25. The van der Waals surface area contributed by atoms with Crippen molar-refractivity contribution in [2.75, 3.05) is 4.90 Å². The van der Waals surface area contributed by atoms with Crippen LogP contribution >= 0.6 is 0 Å². The molecular formula is C52H33N. The maximum absolute atomic E-state index is 2.42. The van der Waals surface area contributed by atoms with Gasteiger partial charge in [-0.1, -0.05) is 152 Å². The Morgan fingerprint density at radius 3 is 1.45 bits per heavy atom. The summed E-state index contributed by atoms with van der Waals surface area (Å²) in [4.78, 5) is 2.41. The molecule has 11 rings (SSSR count). The molecule has 246 valence electrons. The minimum Gasteiger partial charge on any atom is -0.309 e. The zero-order valence-electron chi connectivity index (χ0n) is 29.0. The quantitative estimate of drug-likeness (QED) is 0.169. The van der Waals surface area contributed by atoms with Crippen LogP contribution in [0.5, 0.6) is 0 Å². The van der Waals surface area contributed by atoms with Gasteiger partial charge >= 0.3 is 0 Å². The van der Waals surface area contributed by atoms with Crippen LogP contribution < -0.4 is 4.90 Å². The first-order chi connectivity index (χ1) is 26.3. The molecule has 0 aromatic heterocycles. The van der Waals surface area contributed by atoms with Gasteiger partial charge in [-0.15, -0.1) is 0 Å². The molecule has 0 bridgehead atoms. The molecule has 0 fully saturated rings. The van der Waals surface area contributed by atoms with Gasteiger partial charge in [0.05, 0.1) is 11.4 Å². The number of rotatable bonds is 3. The molecule has 0 aliphatic carbocycles. The second-order valence-corrected chi connectivity index (χ2v) is 14.1. The standard InChI is InChI=1S/C52H33N/c1-2-15-38(16-3-1)53-51-24-12-10-22-46(51)45-29-27-36(32-50(45)47-23-11-13-25-52(47)53)48-33-37(30-35-14-4-5-17-39(35)48)34-26-28-44-42-20-7-6-18-40(42)41-19-8-9-21-43(41)49(44)31-34/h1-33H. The van der Waals surface area contributed by atoms with Gasteiger partial charge in [0, 0.05) is 16.8 Å². The number of hydrogen-bond acceptors (Lipinski definition) is 1. The van der Waals surface area contributed by atoms with Crippen LogP contribution in [-0.4, -0.2) is 0 Å². The van der Waals surface area contributed by atoms with Gasteiger partial charge in [-0.05, 0) is 125 Å². The molecule has 1 nitrogen and oxygen atoms in total. The lowest BCUT2D eigenvalue weighted by atomic mass is 9.87. The predicted octanol–water partition coefficient (Wildman–Crippen LogP) is 14.8. The monoisotopic (exact) mass is 671 g/mol. The highest BCUT2D eigenvalue weighted by Gasteiger charge is 2.26. The summed E-state index contributed by atoms with van der Waals surface area (Å²) in [6, 6.07) is 73.7. The topological polar surface area (TPSA) is 3.24 Å². The Morgan fingerprint density at radius 2 is 0.755 bits per heavy atom. The number of hydrogen-bond donors (Lipinski definition) is 0. The molecule has 53 heavy (non-hydrogen) atoms. The van der Waals surface area contributed by atoms with Crippen LogP contribution in [0, 0.1) is 0 Å². The van der Waals surface area contributed by atoms with E-state index in [9.17, 15) is 0 Å². The van der Waals surface area contributed by atoms with E-state index in [0.29, 0.717) is 0 Å². The minimum atomic E-state index is 1.15. The van der Waals surface area contributed by atoms with E-state index >= 15 is 0 Å². The molecule has 0 N–H and O–H groups in total. The zero-order chi connectivity index (χ0) is 34.9. The van der Waals surface area contributed by atoms with E-state index in [1.807, 2.05) is 0 Å². The number of benzene rings is 10. The van der Waals surface area contributed by atoms with Gasteiger partial charge in [-0.3, -0.25) is 0 Å². The van der Waals surface area contributed by atoms with Crippen LogP contribution in [0.25, 0.3) is 87.6 Å². The lowest BCUT2D eigenvalue weighted by Gasteiger charge is -2.27. The van der Waals surface area contributed by atoms with Crippen molar-refractivity contribution < 1.29 is 0 Å². The third-order valence-corrected chi connectivity index (χ3v) is 11.2. The zero-order valence-corrected chi connectivity index (χ0v) is 29.0. The fourth-order valence-corrected chi connectivity index (χ4v) is 8.75. The van der Waals surface area contributed by atoms with Gasteiger partial charge < -0.3 is 4.90 Å². The Morgan fingerprint density at radius 1 is 0.245 bits per heavy atom. The third-order valence-electron chi connectivity index (χ3n) is 11.2. The smallest absolute Gasteiger partial charge is 0.0540 e. The summed E-state index contributed by atoms with van der Waals surface area (Å²) >= 11 is 0. The van der Waals surface area contributed by atoms with Crippen molar-refractivity contribution in [3.05, 3.63) is 200 Å². The molecule has 0 saturated heterocycles. The number of nitrogens with zero attached hydrogens (tertiary/aromatic N) is 1. The molecule has 1 heteroatoms. The molecule has 0 atom stereocenters. The largest absolute Gasteiger partial charge is 0.309 e. The number of anilines is 3. The molecule has 10 aromatic rings. The molecule has 0 amide bonds. The molecule has 0 radical (unpaired) electrons. The summed E-state index contributed by atoms with van der Waals surface area (Å²) < 4.78 is 0. The highest BCUT2D eigenvalue weighted by atomic mass is 15.1. The Labute approximate surface area is 308 Å². The average Bonchev–Trinajstić information content (AvgIpc) is 3.36. The van der Waals surface area contributed by atoms with Gasteiger partial charge in [-0.25, -0.2) is 0 Å². The Hall–Kier alpha value is -6.96. The molecular weight excluding hydrogens is 639 g/mol. The predicted molar refractivity (Wildman–Crippen MR) is 226 cm³/mol. The SMILES string of the molecule is c1ccc(N2c3ccccc3-c3ccc(-c4cc(-c5ccc6c7ccccc7c7ccccc7c6c5)cc5ccccc45)cc3-c3ccccc32)cc1. The maximum Gasteiger partial charge on any atom is 0.0540 e. The first-order valence-corrected chi connectivity index (χ1v) is 18.3. The van der Waals surface area contributed by atoms with Gasteiger partial charge in [0.1, 0.15) is 0 Å². The van der Waals surface area contributed by atoms with Crippen LogP contribution in [0.1, 0.15) is 0 Å².